The van der Waals surface area contributed by atoms with E-state index in [-0.39, 0.29) is 11.4 Å². The molecule has 5 nitrogen and oxygen atoms in total. The van der Waals surface area contributed by atoms with Crippen LogP contribution in [0.25, 0.3) is 0 Å². The normalized spacial score (nSPS) is 23.0. The highest BCUT2D eigenvalue weighted by Crippen LogP contribution is 2.40. The first-order valence-corrected chi connectivity index (χ1v) is 8.60. The molecule has 5 heteroatoms. The molecule has 24 heavy (non-hydrogen) atoms. The van der Waals surface area contributed by atoms with Gasteiger partial charge in [0.25, 0.3) is 0 Å². The summed E-state index contributed by atoms with van der Waals surface area (Å²) in [4.78, 5) is 18.0. The fourth-order valence-electron chi connectivity index (χ4n) is 3.72. The molecule has 0 spiro atoms. The van der Waals surface area contributed by atoms with Crippen LogP contribution < -0.4 is 14.7 Å². The molecule has 1 fully saturated rings. The Kier molecular flexibility index (Phi) is 4.59. The van der Waals surface area contributed by atoms with E-state index in [1.54, 1.807) is 0 Å². The summed E-state index contributed by atoms with van der Waals surface area (Å²) in [6, 6.07) is 10.1. The maximum absolute atomic E-state index is 12.8. The van der Waals surface area contributed by atoms with E-state index < -0.39 is 0 Å². The zero-order chi connectivity index (χ0) is 17.3. The van der Waals surface area contributed by atoms with E-state index >= 15 is 0 Å². The van der Waals surface area contributed by atoms with E-state index in [0.29, 0.717) is 12.4 Å². The number of carbonyl (C=O) groups excluding carboxylic acids is 1. The van der Waals surface area contributed by atoms with Crippen molar-refractivity contribution < 1.29 is 9.69 Å². The van der Waals surface area contributed by atoms with Crippen LogP contribution in [-0.2, 0) is 4.79 Å². The molecule has 0 atom stereocenters. The number of anilines is 2. The van der Waals surface area contributed by atoms with Gasteiger partial charge in [0.2, 0.25) is 5.78 Å². The lowest BCUT2D eigenvalue weighted by molar-refractivity contribution is -0.897. The average Bonchev–Trinajstić information content (AvgIpc) is 2.83. The molecule has 2 aliphatic rings. The number of nitrogens with zero attached hydrogens (tertiary/aromatic N) is 3. The van der Waals surface area contributed by atoms with Gasteiger partial charge in [0.15, 0.2) is 0 Å². The van der Waals surface area contributed by atoms with Crippen molar-refractivity contribution in [2.75, 3.05) is 43.5 Å². The van der Waals surface area contributed by atoms with Crippen LogP contribution in [0.2, 0.25) is 0 Å². The lowest BCUT2D eigenvalue weighted by Gasteiger charge is -2.27. The third-order valence-electron chi connectivity index (χ3n) is 5.25. The molecule has 0 aromatic heterocycles. The van der Waals surface area contributed by atoms with Crippen LogP contribution in [0.15, 0.2) is 35.7 Å². The Bertz CT molecular complexity index is 679. The molecule has 0 amide bonds. The lowest BCUT2D eigenvalue weighted by atomic mass is 9.99. The van der Waals surface area contributed by atoms with Gasteiger partial charge in [-0.15, -0.1) is 0 Å². The first-order chi connectivity index (χ1) is 11.5. The number of Topliss-reactive ketones (excluding diaryl/α,β-unsaturated/α-hetero) is 1. The fraction of sp³-hybridized carbons (Fsp3) is 0.474. The Hall–Kier alpha value is -2.32. The van der Waals surface area contributed by atoms with Gasteiger partial charge in [-0.3, -0.25) is 4.79 Å². The lowest BCUT2D eigenvalue weighted by Crippen LogP contribution is -3.14. The highest BCUT2D eigenvalue weighted by atomic mass is 16.1. The van der Waals surface area contributed by atoms with Gasteiger partial charge in [0, 0.05) is 14.1 Å². The van der Waals surface area contributed by atoms with Crippen molar-refractivity contribution in [3.63, 3.8) is 0 Å². The molecular formula is C19H25N4O+. The van der Waals surface area contributed by atoms with Gasteiger partial charge >= 0.3 is 0 Å². The van der Waals surface area contributed by atoms with Crippen molar-refractivity contribution in [2.45, 2.75) is 19.8 Å². The quantitative estimate of drug-likeness (QED) is 0.670. The largest absolute Gasteiger partial charge is 0.328 e. The molecule has 0 saturated carbocycles. The standard InChI is InChI=1S/C19H24N4O/c1-14-8-10-23(11-9-14)13-18(24)15(12-20)19-21(2)16-6-4-5-7-17(16)22(19)3/h4-7,14H,8-11,13H2,1-3H3/p+1. The monoisotopic (exact) mass is 325 g/mol. The van der Waals surface area contributed by atoms with Crippen LogP contribution in [-0.4, -0.2) is 39.5 Å². The van der Waals surface area contributed by atoms with Crippen molar-refractivity contribution in [1.29, 1.82) is 5.26 Å². The minimum absolute atomic E-state index is 0.0523. The Labute approximate surface area is 143 Å². The summed E-state index contributed by atoms with van der Waals surface area (Å²) in [5.74, 6) is 1.39. The van der Waals surface area contributed by atoms with Crippen LogP contribution in [0, 0.1) is 17.2 Å². The summed E-state index contributed by atoms with van der Waals surface area (Å²) in [7, 11) is 3.83. The zero-order valence-corrected chi connectivity index (χ0v) is 14.7. The highest BCUT2D eigenvalue weighted by Gasteiger charge is 2.32. The maximum atomic E-state index is 12.8. The molecule has 0 aliphatic carbocycles. The van der Waals surface area contributed by atoms with E-state index in [9.17, 15) is 10.1 Å². The molecule has 2 aliphatic heterocycles. The zero-order valence-electron chi connectivity index (χ0n) is 14.7. The summed E-state index contributed by atoms with van der Waals surface area (Å²) in [5.41, 5.74) is 2.31. The van der Waals surface area contributed by atoms with E-state index in [0.717, 1.165) is 43.2 Å². The molecule has 0 bridgehead atoms. The molecule has 0 radical (unpaired) electrons. The molecule has 126 valence electrons. The topological polar surface area (TPSA) is 51.8 Å². The molecule has 1 N–H and O–H groups in total. The number of likely N-dealkylation sites (tertiary alicyclic amines) is 1. The van der Waals surface area contributed by atoms with Gasteiger partial charge < -0.3 is 14.7 Å². The first-order valence-electron chi connectivity index (χ1n) is 8.60. The predicted octanol–water partition coefficient (Wildman–Crippen LogP) is 1.19. The number of ketones is 1. The summed E-state index contributed by atoms with van der Waals surface area (Å²) >= 11 is 0. The Balaban J connectivity index is 1.84. The van der Waals surface area contributed by atoms with E-state index in [1.165, 1.54) is 4.90 Å². The second-order valence-electron chi connectivity index (χ2n) is 6.95. The number of fused-ring (bicyclic) bond motifs is 1. The van der Waals surface area contributed by atoms with E-state index in [1.807, 2.05) is 48.2 Å². The van der Waals surface area contributed by atoms with Crippen LogP contribution >= 0.6 is 0 Å². The molecular weight excluding hydrogens is 300 g/mol. The number of para-hydroxylation sites is 2. The molecule has 1 aromatic carbocycles. The Morgan fingerprint density at radius 2 is 1.75 bits per heavy atom. The van der Waals surface area contributed by atoms with Gasteiger partial charge in [-0.2, -0.15) is 5.26 Å². The molecule has 3 rings (SSSR count). The third kappa shape index (κ3) is 2.90. The SMILES string of the molecule is CC1CC[NH+](CC(=O)C(C#N)=C2N(C)c3ccccc3N2C)CC1. The van der Waals surface area contributed by atoms with Gasteiger partial charge in [-0.05, 0) is 30.9 Å². The fourth-order valence-corrected chi connectivity index (χ4v) is 3.72. The molecule has 1 saturated heterocycles. The molecule has 1 aromatic rings. The summed E-state index contributed by atoms with van der Waals surface area (Å²) in [5, 5.41) is 9.65. The first kappa shape index (κ1) is 16.5. The third-order valence-corrected chi connectivity index (χ3v) is 5.25. The number of piperidine rings is 1. The summed E-state index contributed by atoms with van der Waals surface area (Å²) in [6.07, 6.45) is 2.32. The number of nitrogens with one attached hydrogen (secondary N) is 1. The van der Waals surface area contributed by atoms with Crippen molar-refractivity contribution in [3.8, 4) is 6.07 Å². The van der Waals surface area contributed by atoms with Crippen LogP contribution in [0.3, 0.4) is 0 Å². The van der Waals surface area contributed by atoms with Gasteiger partial charge in [-0.25, -0.2) is 0 Å². The van der Waals surface area contributed by atoms with Crippen molar-refractivity contribution in [1.82, 2.24) is 0 Å². The predicted molar refractivity (Wildman–Crippen MR) is 94.9 cm³/mol. The van der Waals surface area contributed by atoms with Crippen molar-refractivity contribution in [2.24, 2.45) is 5.92 Å². The summed E-state index contributed by atoms with van der Waals surface area (Å²) < 4.78 is 0. The van der Waals surface area contributed by atoms with Crippen LogP contribution in [0.5, 0.6) is 0 Å². The highest BCUT2D eigenvalue weighted by molar-refractivity contribution is 6.03. The Morgan fingerprint density at radius 1 is 1.21 bits per heavy atom. The van der Waals surface area contributed by atoms with E-state index in [2.05, 4.69) is 13.0 Å². The molecule has 2 heterocycles. The second kappa shape index (κ2) is 6.66. The van der Waals surface area contributed by atoms with Crippen LogP contribution in [0.4, 0.5) is 11.4 Å². The number of carbonyl (C=O) groups is 1. The average molecular weight is 325 g/mol. The second-order valence-corrected chi connectivity index (χ2v) is 6.95. The van der Waals surface area contributed by atoms with Crippen LogP contribution in [0.1, 0.15) is 19.8 Å². The maximum Gasteiger partial charge on any atom is 0.231 e. The van der Waals surface area contributed by atoms with Gasteiger partial charge in [0.1, 0.15) is 24.0 Å². The number of rotatable bonds is 3. The number of quaternary nitrogens is 1. The van der Waals surface area contributed by atoms with Gasteiger partial charge in [0.05, 0.1) is 24.5 Å². The smallest absolute Gasteiger partial charge is 0.231 e. The minimum Gasteiger partial charge on any atom is -0.328 e. The minimum atomic E-state index is -0.0523. The molecule has 0 unspecified atom stereocenters. The van der Waals surface area contributed by atoms with Crippen molar-refractivity contribution >= 4 is 17.2 Å². The number of hydrogen-bond acceptors (Lipinski definition) is 4. The Morgan fingerprint density at radius 3 is 2.25 bits per heavy atom. The number of hydrogen-bond donors (Lipinski definition) is 1. The van der Waals surface area contributed by atoms with Crippen molar-refractivity contribution in [3.05, 3.63) is 35.7 Å². The number of nitriles is 1. The number of benzene rings is 1. The van der Waals surface area contributed by atoms with Gasteiger partial charge in [-0.1, -0.05) is 19.1 Å². The summed E-state index contributed by atoms with van der Waals surface area (Å²) in [6.45, 7) is 4.72. The van der Waals surface area contributed by atoms with E-state index in [4.69, 9.17) is 0 Å².